The Balaban J connectivity index is 1.83. The second kappa shape index (κ2) is 6.26. The van der Waals surface area contributed by atoms with Gasteiger partial charge in [0.1, 0.15) is 17.3 Å². The second-order valence-corrected chi connectivity index (χ2v) is 7.09. The number of benzene rings is 1. The molecule has 0 spiro atoms. The van der Waals surface area contributed by atoms with Crippen LogP contribution in [0.5, 0.6) is 0 Å². The molecule has 26 heavy (non-hydrogen) atoms. The Morgan fingerprint density at radius 2 is 2.27 bits per heavy atom. The lowest BCUT2D eigenvalue weighted by Crippen LogP contribution is -2.22. The van der Waals surface area contributed by atoms with Crippen molar-refractivity contribution in [3.63, 3.8) is 0 Å². The zero-order chi connectivity index (χ0) is 18.4. The average Bonchev–Trinajstić information content (AvgIpc) is 2.89. The molecule has 3 heterocycles. The number of halogens is 1. The quantitative estimate of drug-likeness (QED) is 0.863. The summed E-state index contributed by atoms with van der Waals surface area (Å²) in [5.41, 5.74) is 7.75. The molecule has 3 aliphatic rings. The molecule has 0 saturated heterocycles. The molecule has 2 aromatic rings. The molecule has 1 atom stereocenters. The molecule has 1 unspecified atom stereocenters. The lowest BCUT2D eigenvalue weighted by molar-refractivity contribution is 0.0996. The number of aromatic nitrogens is 2. The van der Waals surface area contributed by atoms with Gasteiger partial charge in [-0.15, -0.1) is 0 Å². The third-order valence-electron chi connectivity index (χ3n) is 5.18. The number of carbonyl (C=O) groups is 1. The van der Waals surface area contributed by atoms with E-state index in [2.05, 4.69) is 16.8 Å². The van der Waals surface area contributed by atoms with E-state index in [-0.39, 0.29) is 23.5 Å². The summed E-state index contributed by atoms with van der Waals surface area (Å²) >= 11 is 0. The van der Waals surface area contributed by atoms with Crippen LogP contribution in [0.25, 0.3) is 11.4 Å². The van der Waals surface area contributed by atoms with Gasteiger partial charge in [-0.3, -0.25) is 4.79 Å². The molecule has 1 aromatic carbocycles. The number of hydrogen-bond acceptors (Lipinski definition) is 3. The predicted octanol–water partition coefficient (Wildman–Crippen LogP) is 2.85. The second-order valence-electron chi connectivity index (χ2n) is 7.09. The molecule has 5 nitrogen and oxygen atoms in total. The fourth-order valence-corrected chi connectivity index (χ4v) is 3.77. The van der Waals surface area contributed by atoms with E-state index in [1.165, 1.54) is 0 Å². The highest BCUT2D eigenvalue weighted by molar-refractivity contribution is 5.91. The van der Waals surface area contributed by atoms with Crippen LogP contribution in [-0.2, 0) is 4.74 Å². The van der Waals surface area contributed by atoms with E-state index in [1.807, 2.05) is 11.5 Å². The fraction of sp³-hybridized carbons (Fsp3) is 0.400. The van der Waals surface area contributed by atoms with Gasteiger partial charge in [0, 0.05) is 30.8 Å². The number of imidazole rings is 1. The molecule has 1 fully saturated rings. The maximum Gasteiger partial charge on any atom is 0.268 e. The zero-order valence-corrected chi connectivity index (χ0v) is 14.8. The van der Waals surface area contributed by atoms with Crippen LogP contribution >= 0.6 is 0 Å². The lowest BCUT2D eigenvalue weighted by Gasteiger charge is -2.34. The first-order chi connectivity index (χ1) is 12.5. The Morgan fingerprint density at radius 3 is 2.96 bits per heavy atom. The fourth-order valence-electron chi connectivity index (χ4n) is 3.77. The minimum atomic E-state index is -0.557. The number of amides is 1. The van der Waals surface area contributed by atoms with Crippen molar-refractivity contribution in [3.8, 4) is 23.2 Å². The topological polar surface area (TPSA) is 70.1 Å². The summed E-state index contributed by atoms with van der Waals surface area (Å²) in [5.74, 6) is 6.06. The van der Waals surface area contributed by atoms with Crippen molar-refractivity contribution in [2.75, 3.05) is 13.7 Å². The van der Waals surface area contributed by atoms with Crippen LogP contribution in [0.1, 0.15) is 53.3 Å². The van der Waals surface area contributed by atoms with Crippen LogP contribution in [0.15, 0.2) is 18.3 Å². The van der Waals surface area contributed by atoms with Gasteiger partial charge in [-0.2, -0.15) is 0 Å². The van der Waals surface area contributed by atoms with Crippen molar-refractivity contribution < 1.29 is 13.9 Å². The molecule has 2 N–H and O–H groups in total. The van der Waals surface area contributed by atoms with E-state index < -0.39 is 5.91 Å². The van der Waals surface area contributed by atoms with E-state index in [0.29, 0.717) is 23.9 Å². The highest BCUT2D eigenvalue weighted by atomic mass is 19.1. The van der Waals surface area contributed by atoms with Gasteiger partial charge in [0.15, 0.2) is 0 Å². The maximum atomic E-state index is 14.6. The first-order valence-electron chi connectivity index (χ1n) is 8.71. The van der Waals surface area contributed by atoms with Crippen molar-refractivity contribution >= 4 is 5.91 Å². The summed E-state index contributed by atoms with van der Waals surface area (Å²) in [5, 5.41) is 0. The van der Waals surface area contributed by atoms with Crippen molar-refractivity contribution in [2.45, 2.75) is 31.7 Å². The zero-order valence-electron chi connectivity index (χ0n) is 14.8. The number of nitrogens with zero attached hydrogens (tertiary/aromatic N) is 2. The van der Waals surface area contributed by atoms with Crippen molar-refractivity contribution in [3.05, 3.63) is 41.0 Å². The van der Waals surface area contributed by atoms with Crippen LogP contribution in [0.3, 0.4) is 0 Å². The Labute approximate surface area is 151 Å². The highest BCUT2D eigenvalue weighted by Gasteiger charge is 2.39. The molecule has 0 radical (unpaired) electrons. The summed E-state index contributed by atoms with van der Waals surface area (Å²) in [6.45, 7) is 2.42. The molecule has 5 rings (SSSR count). The third kappa shape index (κ3) is 2.69. The standard InChI is InChI=1S/C20H20FN3O2/c1-11(10-26-2)3-4-12-7-16-15(8-17(12)21)13-5-14(6-13)24-9-18(19(22)25)23-20(16)24/h7-9,11,13-14H,5-6,10H2,1-2H3,(H2,22,25). The van der Waals surface area contributed by atoms with E-state index >= 15 is 0 Å². The Bertz CT molecular complexity index is 948. The Kier molecular flexibility index (Phi) is 4.04. The first-order valence-corrected chi connectivity index (χ1v) is 8.71. The van der Waals surface area contributed by atoms with E-state index in [4.69, 9.17) is 10.5 Å². The highest BCUT2D eigenvalue weighted by Crippen LogP contribution is 2.52. The molecule has 1 saturated carbocycles. The predicted molar refractivity (Wildman–Crippen MR) is 95.1 cm³/mol. The van der Waals surface area contributed by atoms with Gasteiger partial charge in [-0.05, 0) is 43.4 Å². The SMILES string of the molecule is COCC(C)C#Cc1cc2c(cc1F)C1CC(C1)n1cc(C(N)=O)nc1-2. The Morgan fingerprint density at radius 1 is 1.50 bits per heavy atom. The van der Waals surface area contributed by atoms with E-state index in [1.54, 1.807) is 25.4 Å². The number of methoxy groups -OCH3 is 1. The van der Waals surface area contributed by atoms with Crippen LogP contribution in [0, 0.1) is 23.6 Å². The maximum absolute atomic E-state index is 14.6. The minimum absolute atomic E-state index is 0.00877. The summed E-state index contributed by atoms with van der Waals surface area (Å²) in [6.07, 6.45) is 3.55. The van der Waals surface area contributed by atoms with Crippen LogP contribution in [-0.4, -0.2) is 29.2 Å². The third-order valence-corrected chi connectivity index (χ3v) is 5.18. The molecular formula is C20H20FN3O2. The summed E-state index contributed by atoms with van der Waals surface area (Å²) in [6, 6.07) is 3.61. The number of rotatable bonds is 3. The molecule has 6 heteroatoms. The smallest absolute Gasteiger partial charge is 0.268 e. The van der Waals surface area contributed by atoms with Crippen LogP contribution in [0.2, 0.25) is 0 Å². The number of primary amides is 1. The van der Waals surface area contributed by atoms with Gasteiger partial charge in [-0.25, -0.2) is 9.37 Å². The molecule has 134 valence electrons. The largest absolute Gasteiger partial charge is 0.383 e. The normalized spacial score (nSPS) is 20.7. The van der Waals surface area contributed by atoms with Gasteiger partial charge in [-0.1, -0.05) is 11.8 Å². The lowest BCUT2D eigenvalue weighted by atomic mass is 9.75. The minimum Gasteiger partial charge on any atom is -0.383 e. The molecular weight excluding hydrogens is 333 g/mol. The van der Waals surface area contributed by atoms with Crippen LogP contribution < -0.4 is 5.73 Å². The van der Waals surface area contributed by atoms with Crippen molar-refractivity contribution in [1.82, 2.24) is 9.55 Å². The number of hydrogen-bond donors (Lipinski definition) is 1. The Hall–Kier alpha value is -2.65. The summed E-state index contributed by atoms with van der Waals surface area (Å²) < 4.78 is 21.7. The average molecular weight is 353 g/mol. The number of nitrogens with two attached hydrogens (primary N) is 1. The van der Waals surface area contributed by atoms with E-state index in [0.717, 1.165) is 24.0 Å². The molecule has 2 aliphatic heterocycles. The van der Waals surface area contributed by atoms with Gasteiger partial charge >= 0.3 is 0 Å². The first kappa shape index (κ1) is 16.8. The van der Waals surface area contributed by atoms with Gasteiger partial charge in [0.25, 0.3) is 5.91 Å². The van der Waals surface area contributed by atoms with E-state index in [9.17, 15) is 9.18 Å². The number of ether oxygens (including phenoxy) is 1. The van der Waals surface area contributed by atoms with Gasteiger partial charge in [0.05, 0.1) is 12.2 Å². The van der Waals surface area contributed by atoms with Crippen LogP contribution in [0.4, 0.5) is 4.39 Å². The molecule has 1 aliphatic carbocycles. The molecule has 1 aromatic heterocycles. The monoisotopic (exact) mass is 353 g/mol. The number of carbonyl (C=O) groups excluding carboxylic acids is 1. The van der Waals surface area contributed by atoms with Crippen molar-refractivity contribution in [1.29, 1.82) is 0 Å². The molecule has 2 bridgehead atoms. The van der Waals surface area contributed by atoms with Crippen molar-refractivity contribution in [2.24, 2.45) is 11.7 Å². The van der Waals surface area contributed by atoms with Gasteiger partial charge in [0.2, 0.25) is 0 Å². The molecule has 1 amide bonds. The van der Waals surface area contributed by atoms with Gasteiger partial charge < -0.3 is 15.0 Å². The summed E-state index contributed by atoms with van der Waals surface area (Å²) in [4.78, 5) is 16.0. The summed E-state index contributed by atoms with van der Waals surface area (Å²) in [7, 11) is 1.61.